The fourth-order valence-electron chi connectivity index (χ4n) is 1.86. The molecule has 0 aliphatic carbocycles. The number of anilines is 1. The van der Waals surface area contributed by atoms with Gasteiger partial charge in [0, 0.05) is 17.8 Å². The van der Waals surface area contributed by atoms with Crippen molar-refractivity contribution in [2.24, 2.45) is 0 Å². The van der Waals surface area contributed by atoms with Crippen LogP contribution in [0.2, 0.25) is 5.15 Å². The first-order valence-electron chi connectivity index (χ1n) is 5.86. The van der Waals surface area contributed by atoms with Crippen LogP contribution in [-0.2, 0) is 0 Å². The van der Waals surface area contributed by atoms with Crippen LogP contribution in [0.15, 0.2) is 49.1 Å². The van der Waals surface area contributed by atoms with E-state index in [1.807, 2.05) is 18.2 Å². The van der Waals surface area contributed by atoms with E-state index in [0.29, 0.717) is 5.69 Å². The van der Waals surface area contributed by atoms with Gasteiger partial charge in [0.05, 0.1) is 18.1 Å². The van der Waals surface area contributed by atoms with Crippen molar-refractivity contribution >= 4 is 34.0 Å². The molecule has 1 amide bonds. The summed E-state index contributed by atoms with van der Waals surface area (Å²) in [5, 5.41) is 4.82. The second-order valence-electron chi connectivity index (χ2n) is 4.08. The number of carbonyl (C=O) groups is 1. The molecule has 5 nitrogen and oxygen atoms in total. The van der Waals surface area contributed by atoms with Gasteiger partial charge >= 0.3 is 0 Å². The van der Waals surface area contributed by atoms with Gasteiger partial charge in [-0.05, 0) is 17.5 Å². The maximum atomic E-state index is 12.1. The van der Waals surface area contributed by atoms with E-state index >= 15 is 0 Å². The molecule has 0 bridgehead atoms. The monoisotopic (exact) mass is 284 g/mol. The molecule has 2 aromatic heterocycles. The molecule has 0 aliphatic heterocycles. The molecular formula is C14H9ClN4O. The molecule has 1 aromatic carbocycles. The Morgan fingerprint density at radius 1 is 1.10 bits per heavy atom. The largest absolute Gasteiger partial charge is 0.320 e. The number of fused-ring (bicyclic) bond motifs is 1. The molecule has 98 valence electrons. The Bertz CT molecular complexity index is 785. The molecule has 0 aliphatic rings. The summed E-state index contributed by atoms with van der Waals surface area (Å²) in [6.45, 7) is 0. The van der Waals surface area contributed by atoms with E-state index in [4.69, 9.17) is 11.6 Å². The van der Waals surface area contributed by atoms with Gasteiger partial charge in [0.15, 0.2) is 0 Å². The smallest absolute Gasteiger partial charge is 0.275 e. The van der Waals surface area contributed by atoms with E-state index in [9.17, 15) is 4.79 Å². The summed E-state index contributed by atoms with van der Waals surface area (Å²) < 4.78 is 0. The van der Waals surface area contributed by atoms with Gasteiger partial charge in [0.25, 0.3) is 5.91 Å². The van der Waals surface area contributed by atoms with Gasteiger partial charge in [0.1, 0.15) is 10.8 Å². The van der Waals surface area contributed by atoms with Crippen molar-refractivity contribution in [3.63, 3.8) is 0 Å². The Balaban J connectivity index is 1.95. The highest BCUT2D eigenvalue weighted by molar-refractivity contribution is 6.29. The predicted octanol–water partition coefficient (Wildman–Crippen LogP) is 2.93. The van der Waals surface area contributed by atoms with E-state index in [1.165, 1.54) is 12.4 Å². The van der Waals surface area contributed by atoms with Crippen LogP contribution in [0.4, 0.5) is 5.69 Å². The number of nitrogens with one attached hydrogen (secondary N) is 1. The molecule has 2 heterocycles. The van der Waals surface area contributed by atoms with Crippen molar-refractivity contribution < 1.29 is 4.79 Å². The minimum atomic E-state index is -0.364. The third-order valence-electron chi connectivity index (χ3n) is 2.77. The summed E-state index contributed by atoms with van der Waals surface area (Å²) in [5.41, 5.74) is 0.834. The quantitative estimate of drug-likeness (QED) is 0.785. The van der Waals surface area contributed by atoms with Gasteiger partial charge in [-0.25, -0.2) is 4.98 Å². The van der Waals surface area contributed by atoms with E-state index in [2.05, 4.69) is 20.3 Å². The fourth-order valence-corrected chi connectivity index (χ4v) is 2.01. The second-order valence-corrected chi connectivity index (χ2v) is 4.47. The normalized spacial score (nSPS) is 10.4. The highest BCUT2D eigenvalue weighted by Gasteiger charge is 2.10. The molecule has 3 aromatic rings. The topological polar surface area (TPSA) is 67.8 Å². The number of pyridine rings is 1. The Morgan fingerprint density at radius 2 is 2.00 bits per heavy atom. The molecule has 20 heavy (non-hydrogen) atoms. The number of hydrogen-bond donors (Lipinski definition) is 1. The van der Waals surface area contributed by atoms with Gasteiger partial charge in [-0.15, -0.1) is 0 Å². The van der Waals surface area contributed by atoms with Crippen LogP contribution in [0.25, 0.3) is 10.8 Å². The highest BCUT2D eigenvalue weighted by atomic mass is 35.5. The Kier molecular flexibility index (Phi) is 3.26. The van der Waals surface area contributed by atoms with Gasteiger partial charge in [-0.1, -0.05) is 23.7 Å². The number of hydrogen-bond acceptors (Lipinski definition) is 4. The Hall–Kier alpha value is -2.53. The van der Waals surface area contributed by atoms with E-state index in [-0.39, 0.29) is 16.8 Å². The molecule has 0 fully saturated rings. The average molecular weight is 285 g/mol. The summed E-state index contributed by atoms with van der Waals surface area (Å²) in [5.74, 6) is -0.364. The van der Waals surface area contributed by atoms with Gasteiger partial charge < -0.3 is 5.32 Å². The van der Waals surface area contributed by atoms with Gasteiger partial charge in [-0.3, -0.25) is 14.8 Å². The van der Waals surface area contributed by atoms with Crippen LogP contribution in [0.1, 0.15) is 10.5 Å². The Morgan fingerprint density at radius 3 is 2.85 bits per heavy atom. The zero-order valence-electron chi connectivity index (χ0n) is 10.2. The zero-order chi connectivity index (χ0) is 13.9. The number of benzene rings is 1. The third kappa shape index (κ3) is 2.44. The lowest BCUT2D eigenvalue weighted by Gasteiger charge is -2.07. The highest BCUT2D eigenvalue weighted by Crippen LogP contribution is 2.22. The first-order valence-corrected chi connectivity index (χ1v) is 6.23. The number of carbonyl (C=O) groups excluding carboxylic acids is 1. The fraction of sp³-hybridized carbons (Fsp3) is 0. The third-order valence-corrected chi connectivity index (χ3v) is 2.95. The SMILES string of the molecule is O=C(Nc1cccc2ccncc12)c1cncc(Cl)n1. The van der Waals surface area contributed by atoms with E-state index in [0.717, 1.165) is 10.8 Å². The minimum Gasteiger partial charge on any atom is -0.320 e. The summed E-state index contributed by atoms with van der Waals surface area (Å²) >= 11 is 5.72. The van der Waals surface area contributed by atoms with Crippen molar-refractivity contribution in [1.29, 1.82) is 0 Å². The van der Waals surface area contributed by atoms with Crippen LogP contribution >= 0.6 is 11.6 Å². The maximum Gasteiger partial charge on any atom is 0.275 e. The molecule has 0 atom stereocenters. The van der Waals surface area contributed by atoms with Crippen molar-refractivity contribution in [2.45, 2.75) is 0 Å². The van der Waals surface area contributed by atoms with Crippen molar-refractivity contribution in [2.75, 3.05) is 5.32 Å². The van der Waals surface area contributed by atoms with Crippen molar-refractivity contribution in [3.05, 3.63) is 59.9 Å². The first kappa shape index (κ1) is 12.5. The molecular weight excluding hydrogens is 276 g/mol. The standard InChI is InChI=1S/C14H9ClN4O/c15-13-8-17-7-12(18-13)14(20)19-11-3-1-2-9-4-5-16-6-10(9)11/h1-8H,(H,19,20). The van der Waals surface area contributed by atoms with Gasteiger partial charge in [0.2, 0.25) is 0 Å². The number of aromatic nitrogens is 3. The number of halogens is 1. The van der Waals surface area contributed by atoms with Crippen LogP contribution in [0.5, 0.6) is 0 Å². The summed E-state index contributed by atoms with van der Waals surface area (Å²) in [4.78, 5) is 24.0. The minimum absolute atomic E-state index is 0.165. The average Bonchev–Trinajstić information content (AvgIpc) is 2.47. The molecule has 0 radical (unpaired) electrons. The van der Waals surface area contributed by atoms with Crippen molar-refractivity contribution in [1.82, 2.24) is 15.0 Å². The molecule has 6 heteroatoms. The zero-order valence-corrected chi connectivity index (χ0v) is 11.0. The molecule has 3 rings (SSSR count). The van der Waals surface area contributed by atoms with E-state index in [1.54, 1.807) is 18.5 Å². The summed E-state index contributed by atoms with van der Waals surface area (Å²) in [6, 6.07) is 7.50. The lowest BCUT2D eigenvalue weighted by atomic mass is 10.1. The Labute approximate surface area is 119 Å². The molecule has 0 saturated heterocycles. The number of nitrogens with zero attached hydrogens (tertiary/aromatic N) is 3. The predicted molar refractivity (Wildman–Crippen MR) is 76.7 cm³/mol. The molecule has 0 spiro atoms. The van der Waals surface area contributed by atoms with Crippen LogP contribution in [-0.4, -0.2) is 20.9 Å². The summed E-state index contributed by atoms with van der Waals surface area (Å²) in [7, 11) is 0. The van der Waals surface area contributed by atoms with Crippen LogP contribution < -0.4 is 5.32 Å². The van der Waals surface area contributed by atoms with Crippen LogP contribution in [0.3, 0.4) is 0 Å². The van der Waals surface area contributed by atoms with Crippen LogP contribution in [0, 0.1) is 0 Å². The lowest BCUT2D eigenvalue weighted by molar-refractivity contribution is 0.102. The summed E-state index contributed by atoms with van der Waals surface area (Å²) in [6.07, 6.45) is 6.15. The second kappa shape index (κ2) is 5.22. The maximum absolute atomic E-state index is 12.1. The first-order chi connectivity index (χ1) is 9.74. The molecule has 0 saturated carbocycles. The van der Waals surface area contributed by atoms with Gasteiger partial charge in [-0.2, -0.15) is 0 Å². The molecule has 1 N–H and O–H groups in total. The van der Waals surface area contributed by atoms with E-state index < -0.39 is 0 Å². The van der Waals surface area contributed by atoms with Crippen molar-refractivity contribution in [3.8, 4) is 0 Å². The molecule has 0 unspecified atom stereocenters. The number of rotatable bonds is 2. The number of amides is 1. The lowest BCUT2D eigenvalue weighted by Crippen LogP contribution is -2.14.